The predicted octanol–water partition coefficient (Wildman–Crippen LogP) is 2.52. The van der Waals surface area contributed by atoms with E-state index in [4.69, 9.17) is 19.6 Å². The molecule has 0 radical (unpaired) electrons. The van der Waals surface area contributed by atoms with Gasteiger partial charge in [-0.15, -0.1) is 0 Å². The molecule has 37 heavy (non-hydrogen) atoms. The van der Waals surface area contributed by atoms with Gasteiger partial charge in [0.1, 0.15) is 11.6 Å². The molecule has 4 N–H and O–H groups in total. The summed E-state index contributed by atoms with van der Waals surface area (Å²) in [6, 6.07) is 7.87. The van der Waals surface area contributed by atoms with Crippen LogP contribution in [0.2, 0.25) is 0 Å². The van der Waals surface area contributed by atoms with E-state index in [2.05, 4.69) is 25.6 Å². The third-order valence-corrected chi connectivity index (χ3v) is 6.36. The molecule has 1 aliphatic heterocycles. The number of carbonyl (C=O) groups excluding carboxylic acids is 1. The number of nitrogens with one attached hydrogen (secondary N) is 3. The van der Waals surface area contributed by atoms with Crippen LogP contribution in [-0.4, -0.2) is 70.1 Å². The third kappa shape index (κ3) is 6.68. The summed E-state index contributed by atoms with van der Waals surface area (Å²) in [5, 5.41) is 15.1. The average molecular weight is 511 g/mol. The van der Waals surface area contributed by atoms with Crippen LogP contribution in [0, 0.1) is 17.7 Å². The molecule has 1 aromatic carbocycles. The molecule has 1 amide bonds. The summed E-state index contributed by atoms with van der Waals surface area (Å²) >= 11 is 0. The highest BCUT2D eigenvalue weighted by molar-refractivity contribution is 5.79. The Kier molecular flexibility index (Phi) is 8.02. The first kappa shape index (κ1) is 25.2. The predicted molar refractivity (Wildman–Crippen MR) is 134 cm³/mol. The van der Waals surface area contributed by atoms with Crippen molar-refractivity contribution in [2.24, 2.45) is 11.8 Å². The minimum Gasteiger partial charge on any atom is -0.396 e. The Morgan fingerprint density at radius 3 is 2.65 bits per heavy atom. The fraction of sp³-hybridized carbons (Fsp3) is 0.462. The number of aliphatic hydroxyl groups is 1. The lowest BCUT2D eigenvalue weighted by Crippen LogP contribution is -2.43. The van der Waals surface area contributed by atoms with E-state index in [1.165, 1.54) is 25.0 Å². The number of hydrogen-bond acceptors (Lipinski definition) is 8. The van der Waals surface area contributed by atoms with Crippen LogP contribution >= 0.6 is 0 Å². The van der Waals surface area contributed by atoms with Gasteiger partial charge in [0.25, 0.3) is 0 Å². The second-order valence-electron chi connectivity index (χ2n) is 9.37. The topological polar surface area (TPSA) is 134 Å². The number of H-pyrrole nitrogens is 1. The van der Waals surface area contributed by atoms with Crippen molar-refractivity contribution in [2.45, 2.75) is 32.0 Å². The van der Waals surface area contributed by atoms with Crippen LogP contribution < -0.4 is 10.6 Å². The van der Waals surface area contributed by atoms with E-state index in [-0.39, 0.29) is 37.5 Å². The normalized spacial score (nSPS) is 19.5. The van der Waals surface area contributed by atoms with Gasteiger partial charge >= 0.3 is 0 Å². The number of anilines is 1. The minimum absolute atomic E-state index is 0.0311. The summed E-state index contributed by atoms with van der Waals surface area (Å²) in [7, 11) is 0. The zero-order valence-corrected chi connectivity index (χ0v) is 20.5. The monoisotopic (exact) mass is 510 g/mol. The zero-order valence-electron chi connectivity index (χ0n) is 20.5. The lowest BCUT2D eigenvalue weighted by molar-refractivity contribution is -0.200. The molecule has 196 valence electrons. The molecule has 0 unspecified atom stereocenters. The minimum atomic E-state index is -0.548. The Hall–Kier alpha value is -3.41. The summed E-state index contributed by atoms with van der Waals surface area (Å²) < 4.78 is 25.3. The molecule has 1 saturated heterocycles. The van der Waals surface area contributed by atoms with E-state index in [9.17, 15) is 9.18 Å². The Morgan fingerprint density at radius 2 is 1.92 bits per heavy atom. The van der Waals surface area contributed by atoms with Gasteiger partial charge in [0.05, 0.1) is 42.6 Å². The molecule has 2 fully saturated rings. The maximum atomic E-state index is 13.6. The van der Waals surface area contributed by atoms with E-state index in [0.29, 0.717) is 54.2 Å². The number of ether oxygens (including phenoxy) is 2. The van der Waals surface area contributed by atoms with Gasteiger partial charge in [-0.25, -0.2) is 19.3 Å². The van der Waals surface area contributed by atoms with E-state index in [0.717, 1.165) is 12.1 Å². The van der Waals surface area contributed by atoms with Gasteiger partial charge in [-0.1, -0.05) is 0 Å². The first-order valence-electron chi connectivity index (χ1n) is 12.6. The van der Waals surface area contributed by atoms with Crippen LogP contribution in [-0.2, 0) is 20.7 Å². The quantitative estimate of drug-likeness (QED) is 0.289. The van der Waals surface area contributed by atoms with Crippen molar-refractivity contribution in [1.82, 2.24) is 25.3 Å². The van der Waals surface area contributed by atoms with Crippen molar-refractivity contribution in [3.05, 3.63) is 48.2 Å². The molecule has 10 nitrogen and oxygen atoms in total. The summed E-state index contributed by atoms with van der Waals surface area (Å²) in [5.74, 6) is 0.971. The lowest BCUT2D eigenvalue weighted by atomic mass is 10.1. The van der Waals surface area contributed by atoms with Gasteiger partial charge in [0.2, 0.25) is 11.9 Å². The summed E-state index contributed by atoms with van der Waals surface area (Å²) in [6.45, 7) is 1.90. The van der Waals surface area contributed by atoms with Gasteiger partial charge in [-0.05, 0) is 55.5 Å². The molecule has 1 saturated carbocycles. The molecule has 11 heteroatoms. The van der Waals surface area contributed by atoms with Gasteiger partial charge in [-0.2, -0.15) is 0 Å². The SMILES string of the molecule is O=C(NCC1CC1)C1COC(Cc2nc(-c3ccc(F)cc3)c(-c3ccnc(NCCCO)n3)[nH]2)OC1. The number of carbonyl (C=O) groups is 1. The third-order valence-electron chi connectivity index (χ3n) is 6.36. The number of aromatic nitrogens is 4. The molecule has 3 heterocycles. The van der Waals surface area contributed by atoms with Gasteiger partial charge in [-0.3, -0.25) is 4.79 Å². The van der Waals surface area contributed by atoms with Crippen molar-refractivity contribution in [1.29, 1.82) is 0 Å². The zero-order chi connectivity index (χ0) is 25.6. The van der Waals surface area contributed by atoms with Crippen LogP contribution in [0.1, 0.15) is 25.1 Å². The number of hydrogen-bond donors (Lipinski definition) is 4. The maximum Gasteiger partial charge on any atom is 0.227 e. The number of aliphatic hydroxyl groups excluding tert-OH is 1. The molecular weight excluding hydrogens is 479 g/mol. The van der Waals surface area contributed by atoms with Crippen molar-refractivity contribution < 1.29 is 23.8 Å². The smallest absolute Gasteiger partial charge is 0.227 e. The van der Waals surface area contributed by atoms with Crippen LogP contribution in [0.3, 0.4) is 0 Å². The maximum absolute atomic E-state index is 13.6. The van der Waals surface area contributed by atoms with Gasteiger partial charge < -0.3 is 30.2 Å². The Labute approximate surface area is 214 Å². The van der Waals surface area contributed by atoms with Gasteiger partial charge in [0.15, 0.2) is 6.29 Å². The fourth-order valence-electron chi connectivity index (χ4n) is 4.06. The van der Waals surface area contributed by atoms with E-state index in [1.807, 2.05) is 0 Å². The number of imidazole rings is 1. The molecule has 3 aromatic rings. The number of rotatable bonds is 11. The number of halogens is 1. The van der Waals surface area contributed by atoms with Crippen molar-refractivity contribution >= 4 is 11.9 Å². The van der Waals surface area contributed by atoms with Crippen LogP contribution in [0.5, 0.6) is 0 Å². The standard InChI is InChI=1S/C26H31FN6O4/c27-19-6-4-17(5-7-19)23-24(20-8-10-29-26(31-20)28-9-1-11-34)33-21(32-23)12-22-36-14-18(15-37-22)25(35)30-13-16-2-3-16/h4-8,10,16,18,22,34H,1-3,9,11-15H2,(H,30,35)(H,32,33)(H,28,29,31). The number of nitrogens with zero attached hydrogens (tertiary/aromatic N) is 3. The summed E-state index contributed by atoms with van der Waals surface area (Å²) in [6.07, 6.45) is 4.38. The number of aromatic amines is 1. The first-order valence-corrected chi connectivity index (χ1v) is 12.6. The summed E-state index contributed by atoms with van der Waals surface area (Å²) in [4.78, 5) is 29.3. The fourth-order valence-corrected chi connectivity index (χ4v) is 4.06. The molecule has 2 aromatic heterocycles. The van der Waals surface area contributed by atoms with E-state index >= 15 is 0 Å². The molecule has 0 bridgehead atoms. The van der Waals surface area contributed by atoms with Crippen LogP contribution in [0.15, 0.2) is 36.5 Å². The Bertz CT molecular complexity index is 1190. The summed E-state index contributed by atoms with van der Waals surface area (Å²) in [5.41, 5.74) is 2.60. The molecule has 5 rings (SSSR count). The Morgan fingerprint density at radius 1 is 1.14 bits per heavy atom. The van der Waals surface area contributed by atoms with Crippen molar-refractivity contribution in [2.75, 3.05) is 38.2 Å². The van der Waals surface area contributed by atoms with Gasteiger partial charge in [0, 0.05) is 31.5 Å². The van der Waals surface area contributed by atoms with Crippen LogP contribution in [0.25, 0.3) is 22.6 Å². The Balaban J connectivity index is 1.30. The molecule has 0 spiro atoms. The average Bonchev–Trinajstić information content (AvgIpc) is 3.66. The van der Waals surface area contributed by atoms with Crippen molar-refractivity contribution in [3.8, 4) is 22.6 Å². The molecule has 1 aliphatic carbocycles. The largest absolute Gasteiger partial charge is 0.396 e. The van der Waals surface area contributed by atoms with Crippen molar-refractivity contribution in [3.63, 3.8) is 0 Å². The highest BCUT2D eigenvalue weighted by Crippen LogP contribution is 2.31. The molecule has 0 atom stereocenters. The highest BCUT2D eigenvalue weighted by atomic mass is 19.1. The first-order chi connectivity index (χ1) is 18.1. The van der Waals surface area contributed by atoms with E-state index in [1.54, 1.807) is 24.4 Å². The van der Waals surface area contributed by atoms with Crippen LogP contribution in [0.4, 0.5) is 10.3 Å². The second-order valence-corrected chi connectivity index (χ2v) is 9.37. The van der Waals surface area contributed by atoms with E-state index < -0.39 is 6.29 Å². The lowest BCUT2D eigenvalue weighted by Gasteiger charge is -2.28. The molecular formula is C26H31FN6O4. The highest BCUT2D eigenvalue weighted by Gasteiger charge is 2.30. The molecule has 2 aliphatic rings. The second kappa shape index (κ2) is 11.8. The number of benzene rings is 1. The number of amides is 1.